The first-order valence-corrected chi connectivity index (χ1v) is 19.7. The number of rotatable bonds is 11. The highest BCUT2D eigenvalue weighted by Crippen LogP contribution is 2.61. The van der Waals surface area contributed by atoms with E-state index in [4.69, 9.17) is 51.1 Å². The molecule has 1 aromatic rings. The monoisotopic (exact) mass is 719 g/mol. The molecular weight excluding hydrogens is 652 g/mol. The third-order valence-corrected chi connectivity index (χ3v) is 11.5. The number of carboxylic acid groups (broad SMARTS) is 1. The van der Waals surface area contributed by atoms with Crippen molar-refractivity contribution in [2.75, 3.05) is 50.1 Å². The molecule has 1 saturated heterocycles. The predicted molar refractivity (Wildman–Crippen MR) is 221 cm³/mol. The highest BCUT2D eigenvalue weighted by atomic mass is 32.1. The highest BCUT2D eigenvalue weighted by Gasteiger charge is 2.55. The minimum Gasteiger partial charge on any atom is -0.483 e. The van der Waals surface area contributed by atoms with Crippen LogP contribution >= 0.6 is 12.6 Å². The van der Waals surface area contributed by atoms with Crippen LogP contribution in [0.4, 0.5) is 5.69 Å². The molecule has 0 aromatic heterocycles. The fraction of sp³-hybridized carbons (Fsp3) is 0.769. The quantitative estimate of drug-likeness (QED) is 0.0827. The Bertz CT molecular complexity index is 1110. The van der Waals surface area contributed by atoms with E-state index in [0.717, 1.165) is 55.9 Å². The first-order valence-electron chi connectivity index (χ1n) is 19.1. The molecule has 4 N–H and O–H groups in total. The van der Waals surface area contributed by atoms with Crippen molar-refractivity contribution in [1.29, 1.82) is 0 Å². The average Bonchev–Trinajstić information content (AvgIpc) is 3.46. The van der Waals surface area contributed by atoms with E-state index < -0.39 is 10.4 Å². The number of benzene rings is 1. The fourth-order valence-electron chi connectivity index (χ4n) is 8.44. The van der Waals surface area contributed by atoms with Gasteiger partial charge in [0.05, 0.1) is 57.3 Å². The van der Waals surface area contributed by atoms with E-state index in [1.54, 1.807) is 18.1 Å². The van der Waals surface area contributed by atoms with E-state index in [9.17, 15) is 5.11 Å². The van der Waals surface area contributed by atoms with Gasteiger partial charge in [0.2, 0.25) is 0 Å². The Labute approximate surface area is 322 Å². The van der Waals surface area contributed by atoms with Crippen LogP contribution in [0.3, 0.4) is 0 Å². The van der Waals surface area contributed by atoms with Gasteiger partial charge < -0.3 is 30.3 Å². The first-order chi connectivity index (χ1) is 24.3. The number of fused-ring (bicyclic) bond motifs is 5. The number of nitrogens with one attached hydrogen (secondary N) is 1. The Hall–Kier alpha value is -1.32. The molecule has 4 aliphatic rings. The summed E-state index contributed by atoms with van der Waals surface area (Å²) >= 11 is 4.04. The Morgan fingerprint density at radius 1 is 1.06 bits per heavy atom. The third-order valence-electron chi connectivity index (χ3n) is 11.2. The van der Waals surface area contributed by atoms with E-state index in [2.05, 4.69) is 75.0 Å². The molecule has 0 bridgehead atoms. The summed E-state index contributed by atoms with van der Waals surface area (Å²) in [7, 11) is 22.5. The highest BCUT2D eigenvalue weighted by molar-refractivity contribution is 7.80. The SMILES string of the molecule is C=C.CC12CCC3c4ccc(N5CCC(NCCO)CC5)cc4CCC3C1CCC2OCCO.CCC.O=CO.[B]C([B])(C)C([B])([B])CCCS. The van der Waals surface area contributed by atoms with Crippen LogP contribution in [0, 0.1) is 17.3 Å². The summed E-state index contributed by atoms with van der Waals surface area (Å²) in [6.45, 7) is 17.8. The number of hydrogen-bond donors (Lipinski definition) is 5. The maximum atomic E-state index is 9.23. The maximum absolute atomic E-state index is 9.23. The van der Waals surface area contributed by atoms with Gasteiger partial charge in [-0.15, -0.1) is 23.6 Å². The molecule has 280 valence electrons. The van der Waals surface area contributed by atoms with Crippen molar-refractivity contribution in [3.8, 4) is 0 Å². The molecule has 3 fully saturated rings. The second kappa shape index (κ2) is 24.2. The number of anilines is 1. The van der Waals surface area contributed by atoms with Crippen molar-refractivity contribution >= 4 is 56.2 Å². The summed E-state index contributed by atoms with van der Waals surface area (Å²) in [6, 6.07) is 7.90. The molecule has 5 atom stereocenters. The van der Waals surface area contributed by atoms with Crippen molar-refractivity contribution < 1.29 is 24.9 Å². The zero-order valence-electron chi connectivity index (χ0n) is 32.2. The summed E-state index contributed by atoms with van der Waals surface area (Å²) in [4.78, 5) is 10.9. The molecule has 0 amide bonds. The summed E-state index contributed by atoms with van der Waals surface area (Å²) < 4.78 is 6.11. The minimum absolute atomic E-state index is 0.135. The van der Waals surface area contributed by atoms with Crippen molar-refractivity contribution in [1.82, 2.24) is 5.32 Å². The molecule has 1 heterocycles. The molecule has 51 heavy (non-hydrogen) atoms. The maximum Gasteiger partial charge on any atom is 0.290 e. The topological polar surface area (TPSA) is 102 Å². The minimum atomic E-state index is -1.03. The number of ether oxygens (including phenoxy) is 1. The van der Waals surface area contributed by atoms with Crippen molar-refractivity contribution in [3.05, 3.63) is 42.5 Å². The number of aliphatic hydroxyl groups is 2. The standard InChI is InChI=1S/C27H42N2O3.C6H10B4S.C3H8.C2H4.CH2O2/c1-27-11-8-23-22-5-3-21(29-13-9-20(10-14-29)28-12-15-30)18-19(22)2-4-24(23)25(27)6-7-26(27)32-17-16-31;1-5(7,8)6(9,10)3-2-4-11;1-3-2;1-2;2-1-3/h3,5,18,20,23-26,28,30-31H,2,4,6-17H2,1H3;11H,2-4H2,1H3;3H2,1-2H3;1-2H2;1H,(H,2,3). The van der Waals surface area contributed by atoms with Crippen LogP contribution in [0.1, 0.15) is 109 Å². The molecule has 1 aliphatic heterocycles. The molecule has 7 nitrogen and oxygen atoms in total. The van der Waals surface area contributed by atoms with Crippen molar-refractivity contribution in [2.24, 2.45) is 17.3 Å². The van der Waals surface area contributed by atoms with E-state index >= 15 is 0 Å². The molecule has 2 saturated carbocycles. The zero-order valence-corrected chi connectivity index (χ0v) is 33.1. The van der Waals surface area contributed by atoms with Gasteiger partial charge in [-0.2, -0.15) is 12.6 Å². The van der Waals surface area contributed by atoms with E-state index in [-0.39, 0.29) is 19.7 Å². The second-order valence-electron chi connectivity index (χ2n) is 14.9. The second-order valence-corrected chi connectivity index (χ2v) is 15.4. The number of aliphatic hydroxyl groups excluding tert-OH is 2. The van der Waals surface area contributed by atoms with Crippen LogP contribution in [0.15, 0.2) is 31.4 Å². The number of thiol groups is 1. The number of aryl methyl sites for hydroxylation is 1. The van der Waals surface area contributed by atoms with Gasteiger partial charge in [-0.3, -0.25) is 4.79 Å². The van der Waals surface area contributed by atoms with E-state index in [1.165, 1.54) is 50.6 Å². The molecule has 3 aliphatic carbocycles. The van der Waals surface area contributed by atoms with Crippen LogP contribution in [-0.2, 0) is 16.0 Å². The Morgan fingerprint density at radius 2 is 1.69 bits per heavy atom. The van der Waals surface area contributed by atoms with Gasteiger partial charge in [0, 0.05) is 31.4 Å². The van der Waals surface area contributed by atoms with E-state index in [0.29, 0.717) is 37.1 Å². The molecule has 1 aromatic carbocycles. The lowest BCUT2D eigenvalue weighted by molar-refractivity contribution is -0.122. The third kappa shape index (κ3) is 13.8. The van der Waals surface area contributed by atoms with Crippen LogP contribution in [-0.4, -0.2) is 111 Å². The average molecular weight is 718 g/mol. The smallest absolute Gasteiger partial charge is 0.290 e. The molecule has 5 rings (SSSR count). The van der Waals surface area contributed by atoms with Gasteiger partial charge in [-0.05, 0) is 110 Å². The van der Waals surface area contributed by atoms with Crippen LogP contribution in [0.25, 0.3) is 0 Å². The summed E-state index contributed by atoms with van der Waals surface area (Å²) in [5, 5.41) is 26.6. The summed E-state index contributed by atoms with van der Waals surface area (Å²) in [5.74, 6) is 3.02. The largest absolute Gasteiger partial charge is 0.483 e. The van der Waals surface area contributed by atoms with Gasteiger partial charge in [0.1, 0.15) is 0 Å². The summed E-state index contributed by atoms with van der Waals surface area (Å²) in [5.41, 5.74) is 4.93. The number of piperidine rings is 1. The van der Waals surface area contributed by atoms with Crippen molar-refractivity contribution in [2.45, 2.75) is 127 Å². The zero-order chi connectivity index (χ0) is 38.7. The first kappa shape index (κ1) is 47.7. The van der Waals surface area contributed by atoms with Crippen LogP contribution in [0.5, 0.6) is 0 Å². The normalized spacial score (nSPS) is 25.4. The van der Waals surface area contributed by atoms with Gasteiger partial charge >= 0.3 is 0 Å². The molecular formula is C39H66B4N2O5S. The van der Waals surface area contributed by atoms with Crippen LogP contribution < -0.4 is 10.2 Å². The summed E-state index contributed by atoms with van der Waals surface area (Å²) in [6.07, 6.45) is 12.8. The lowest BCUT2D eigenvalue weighted by Gasteiger charge is -2.50. The van der Waals surface area contributed by atoms with Gasteiger partial charge in [-0.1, -0.05) is 46.6 Å². The number of carbonyl (C=O) groups is 1. The van der Waals surface area contributed by atoms with Gasteiger partial charge in [-0.25, -0.2) is 0 Å². The molecule has 5 unspecified atom stereocenters. The lowest BCUT2D eigenvalue weighted by atomic mass is 9.29. The predicted octanol–water partition coefficient (Wildman–Crippen LogP) is 6.01. The number of hydrogen-bond acceptors (Lipinski definition) is 7. The lowest BCUT2D eigenvalue weighted by Crippen LogP contribution is -2.45. The van der Waals surface area contributed by atoms with Gasteiger partial charge in [0.25, 0.3) is 6.47 Å². The Kier molecular flexibility index (Phi) is 22.6. The van der Waals surface area contributed by atoms with Gasteiger partial charge in [0.15, 0.2) is 0 Å². The van der Waals surface area contributed by atoms with E-state index in [1.807, 2.05) is 0 Å². The molecule has 0 spiro atoms. The Balaban J connectivity index is 0.000000573. The Morgan fingerprint density at radius 3 is 2.24 bits per heavy atom. The fourth-order valence-corrected chi connectivity index (χ4v) is 8.60. The molecule has 12 heteroatoms. The molecule has 8 radical (unpaired) electrons. The number of nitrogens with zero attached hydrogens (tertiary/aromatic N) is 1. The van der Waals surface area contributed by atoms with Crippen LogP contribution in [0.2, 0.25) is 10.4 Å². The van der Waals surface area contributed by atoms with Crippen molar-refractivity contribution in [3.63, 3.8) is 0 Å².